The van der Waals surface area contributed by atoms with E-state index in [1.165, 1.54) is 10.7 Å². The molecule has 7 nitrogen and oxygen atoms in total. The molecule has 0 unspecified atom stereocenters. The van der Waals surface area contributed by atoms with Crippen LogP contribution < -0.4 is 10.6 Å². The molecule has 3 aromatic carbocycles. The third-order valence-corrected chi connectivity index (χ3v) is 6.96. The summed E-state index contributed by atoms with van der Waals surface area (Å²) < 4.78 is 1.41. The van der Waals surface area contributed by atoms with Crippen LogP contribution in [0, 0.1) is 6.92 Å². The number of carbonyl (C=O) groups is 2. The fraction of sp³-hybridized carbons (Fsp3) is 0.207. The monoisotopic (exact) mass is 514 g/mol. The van der Waals surface area contributed by atoms with Crippen molar-refractivity contribution in [3.05, 3.63) is 100 Å². The van der Waals surface area contributed by atoms with Crippen molar-refractivity contribution >= 4 is 29.2 Å². The van der Waals surface area contributed by atoms with Gasteiger partial charge in [0, 0.05) is 23.7 Å². The Hall–Kier alpha value is -4.10. The molecule has 8 heteroatoms. The van der Waals surface area contributed by atoms with E-state index in [0.29, 0.717) is 34.1 Å². The van der Waals surface area contributed by atoms with Gasteiger partial charge in [-0.15, -0.1) is 0 Å². The molecule has 1 saturated carbocycles. The highest BCUT2D eigenvalue weighted by Crippen LogP contribution is 2.39. The van der Waals surface area contributed by atoms with Crippen LogP contribution in [0.25, 0.3) is 11.3 Å². The number of anilines is 1. The number of aryl methyl sites for hydroxylation is 1. The van der Waals surface area contributed by atoms with Crippen molar-refractivity contribution in [2.75, 3.05) is 5.32 Å². The minimum atomic E-state index is -0.363. The number of benzene rings is 3. The predicted octanol–water partition coefficient (Wildman–Crippen LogP) is 6.50. The molecule has 37 heavy (non-hydrogen) atoms. The van der Waals surface area contributed by atoms with E-state index in [-0.39, 0.29) is 23.6 Å². The highest BCUT2D eigenvalue weighted by molar-refractivity contribution is 6.34. The number of phenols is 1. The van der Waals surface area contributed by atoms with Gasteiger partial charge in [-0.05, 0) is 61.7 Å². The van der Waals surface area contributed by atoms with Crippen LogP contribution >= 0.6 is 11.6 Å². The van der Waals surface area contributed by atoms with Crippen molar-refractivity contribution in [1.82, 2.24) is 15.1 Å². The molecule has 5 rings (SSSR count). The van der Waals surface area contributed by atoms with E-state index < -0.39 is 0 Å². The number of hydrogen-bond donors (Lipinski definition) is 3. The molecule has 3 N–H and O–H groups in total. The molecule has 0 spiro atoms. The van der Waals surface area contributed by atoms with E-state index in [2.05, 4.69) is 15.7 Å². The molecular formula is C29H27ClN4O3. The maximum absolute atomic E-state index is 13.2. The van der Waals surface area contributed by atoms with Crippen molar-refractivity contribution in [2.45, 2.75) is 38.6 Å². The van der Waals surface area contributed by atoms with Crippen molar-refractivity contribution in [2.24, 2.45) is 0 Å². The average molecular weight is 515 g/mol. The van der Waals surface area contributed by atoms with Crippen LogP contribution in [0.2, 0.25) is 5.02 Å². The Morgan fingerprint density at radius 3 is 2.59 bits per heavy atom. The quantitative estimate of drug-likeness (QED) is 0.256. The molecule has 1 aliphatic rings. The number of nitrogens with one attached hydrogen (secondary N) is 2. The zero-order valence-corrected chi connectivity index (χ0v) is 21.1. The Morgan fingerprint density at radius 1 is 1.05 bits per heavy atom. The van der Waals surface area contributed by atoms with Gasteiger partial charge in [-0.2, -0.15) is 9.78 Å². The summed E-state index contributed by atoms with van der Waals surface area (Å²) >= 11 is 6.16. The Kier molecular flexibility index (Phi) is 6.97. The molecule has 1 heterocycles. The number of aromatic nitrogens is 2. The lowest BCUT2D eigenvalue weighted by Crippen LogP contribution is -2.31. The summed E-state index contributed by atoms with van der Waals surface area (Å²) in [5.74, 6) is -0.129. The van der Waals surface area contributed by atoms with E-state index in [9.17, 15) is 14.7 Å². The minimum absolute atomic E-state index is 0.000667. The standard InChI is InChI=1S/C29H27ClN4O3/c1-18-6-4-7-19(14-18)17-31-29(37)34-26(20-8-5-9-20)16-25(33-34)23-15-21(12-13-27(23)35)32-28(36)22-10-2-3-11-24(22)30/h2-4,6-7,10-16,20,35H,5,8-9,17H2,1H3,(H,31,37)(H,32,36). The first-order valence-electron chi connectivity index (χ1n) is 12.2. The Bertz CT molecular complexity index is 1480. The minimum Gasteiger partial charge on any atom is -0.507 e. The third-order valence-electron chi connectivity index (χ3n) is 6.63. The summed E-state index contributed by atoms with van der Waals surface area (Å²) in [6.45, 7) is 2.39. The first-order chi connectivity index (χ1) is 17.9. The second-order valence-electron chi connectivity index (χ2n) is 9.31. The molecule has 1 aromatic heterocycles. The van der Waals surface area contributed by atoms with E-state index >= 15 is 0 Å². The van der Waals surface area contributed by atoms with Crippen LogP contribution in [0.3, 0.4) is 0 Å². The molecular weight excluding hydrogens is 488 g/mol. The number of carbonyl (C=O) groups excluding carboxylic acids is 2. The Labute approximate surface area is 220 Å². The fourth-order valence-electron chi connectivity index (χ4n) is 4.42. The largest absolute Gasteiger partial charge is 0.507 e. The van der Waals surface area contributed by atoms with E-state index in [1.807, 2.05) is 37.3 Å². The lowest BCUT2D eigenvalue weighted by Gasteiger charge is -2.25. The Morgan fingerprint density at radius 2 is 1.86 bits per heavy atom. The smallest absolute Gasteiger partial charge is 0.342 e. The van der Waals surface area contributed by atoms with Crippen molar-refractivity contribution in [3.8, 4) is 17.0 Å². The van der Waals surface area contributed by atoms with Crippen LogP contribution in [0.5, 0.6) is 5.75 Å². The van der Waals surface area contributed by atoms with Crippen LogP contribution in [-0.2, 0) is 6.54 Å². The number of aromatic hydroxyl groups is 1. The first-order valence-corrected chi connectivity index (χ1v) is 12.6. The highest BCUT2D eigenvalue weighted by atomic mass is 35.5. The van der Waals surface area contributed by atoms with Crippen molar-refractivity contribution in [3.63, 3.8) is 0 Å². The SMILES string of the molecule is Cc1cccc(CNC(=O)n2nc(-c3cc(NC(=O)c4ccccc4Cl)ccc3O)cc2C2CCC2)c1. The van der Waals surface area contributed by atoms with Crippen LogP contribution in [0.1, 0.15) is 52.4 Å². The number of amides is 2. The molecule has 1 aliphatic carbocycles. The predicted molar refractivity (Wildman–Crippen MR) is 144 cm³/mol. The number of hydrogen-bond acceptors (Lipinski definition) is 4. The normalized spacial score (nSPS) is 13.1. The molecule has 188 valence electrons. The molecule has 0 atom stereocenters. The zero-order chi connectivity index (χ0) is 25.9. The van der Waals surface area contributed by atoms with Gasteiger partial charge in [0.25, 0.3) is 5.91 Å². The summed E-state index contributed by atoms with van der Waals surface area (Å²) in [6, 6.07) is 21.0. The number of phenolic OH excluding ortho intramolecular Hbond substituents is 1. The molecule has 0 aliphatic heterocycles. The molecule has 4 aromatic rings. The Balaban J connectivity index is 1.41. The van der Waals surface area contributed by atoms with Crippen LogP contribution in [0.15, 0.2) is 72.8 Å². The average Bonchev–Trinajstić information content (AvgIpc) is 3.27. The summed E-state index contributed by atoms with van der Waals surface area (Å²) in [7, 11) is 0. The maximum atomic E-state index is 13.2. The summed E-state index contributed by atoms with van der Waals surface area (Å²) in [5, 5.41) is 21.3. The van der Waals surface area contributed by atoms with Gasteiger partial charge in [-0.3, -0.25) is 4.79 Å². The lowest BCUT2D eigenvalue weighted by molar-refractivity contribution is 0.102. The molecule has 0 radical (unpaired) electrons. The highest BCUT2D eigenvalue weighted by Gasteiger charge is 2.27. The van der Waals surface area contributed by atoms with Gasteiger partial charge in [-0.25, -0.2) is 4.79 Å². The van der Waals surface area contributed by atoms with E-state index in [0.717, 1.165) is 36.1 Å². The molecule has 1 fully saturated rings. The second-order valence-corrected chi connectivity index (χ2v) is 9.71. The third kappa shape index (κ3) is 5.37. The zero-order valence-electron chi connectivity index (χ0n) is 20.4. The van der Waals surface area contributed by atoms with Gasteiger partial charge in [0.2, 0.25) is 0 Å². The fourth-order valence-corrected chi connectivity index (χ4v) is 4.64. The van der Waals surface area contributed by atoms with Gasteiger partial charge in [0.15, 0.2) is 0 Å². The molecule has 0 bridgehead atoms. The van der Waals surface area contributed by atoms with E-state index in [1.54, 1.807) is 36.4 Å². The summed E-state index contributed by atoms with van der Waals surface area (Å²) in [4.78, 5) is 25.9. The summed E-state index contributed by atoms with van der Waals surface area (Å²) in [6.07, 6.45) is 3.07. The first kappa shape index (κ1) is 24.6. The maximum Gasteiger partial charge on any atom is 0.342 e. The van der Waals surface area contributed by atoms with Crippen molar-refractivity contribution < 1.29 is 14.7 Å². The summed E-state index contributed by atoms with van der Waals surface area (Å²) in [5.41, 5.74) is 4.64. The van der Waals surface area contributed by atoms with E-state index in [4.69, 9.17) is 11.6 Å². The lowest BCUT2D eigenvalue weighted by atomic mass is 9.82. The second kappa shape index (κ2) is 10.5. The topological polar surface area (TPSA) is 96.3 Å². The van der Waals surface area contributed by atoms with Gasteiger partial charge >= 0.3 is 6.03 Å². The van der Waals surface area contributed by atoms with Gasteiger partial charge < -0.3 is 15.7 Å². The number of rotatable bonds is 6. The van der Waals surface area contributed by atoms with Gasteiger partial charge in [-0.1, -0.05) is 60.0 Å². The molecule has 0 saturated heterocycles. The van der Waals surface area contributed by atoms with Crippen LogP contribution in [-0.4, -0.2) is 26.8 Å². The number of nitrogens with zero attached hydrogens (tertiary/aromatic N) is 2. The van der Waals surface area contributed by atoms with Gasteiger partial charge in [0.1, 0.15) is 5.75 Å². The van der Waals surface area contributed by atoms with Gasteiger partial charge in [0.05, 0.1) is 22.0 Å². The number of halogens is 1. The van der Waals surface area contributed by atoms with Crippen LogP contribution in [0.4, 0.5) is 10.5 Å². The molecule has 2 amide bonds. The van der Waals surface area contributed by atoms with Crippen molar-refractivity contribution in [1.29, 1.82) is 0 Å².